The summed E-state index contributed by atoms with van der Waals surface area (Å²) in [6.07, 6.45) is 6.97. The maximum Gasteiger partial charge on any atom is 0.0948 e. The number of rotatable bonds is 5. The van der Waals surface area contributed by atoms with Gasteiger partial charge in [0.15, 0.2) is 0 Å². The van der Waals surface area contributed by atoms with E-state index in [1.165, 1.54) is 12.1 Å². The summed E-state index contributed by atoms with van der Waals surface area (Å²) in [7, 11) is 0. The summed E-state index contributed by atoms with van der Waals surface area (Å²) in [6.45, 7) is 4.84. The lowest BCUT2D eigenvalue weighted by Crippen LogP contribution is -2.28. The normalized spacial score (nSPS) is 25.1. The summed E-state index contributed by atoms with van der Waals surface area (Å²) in [6, 6.07) is 0. The number of aryl methyl sites for hydroxylation is 1. The van der Waals surface area contributed by atoms with Gasteiger partial charge in [-0.3, -0.25) is 0 Å². The number of aromatic nitrogens is 2. The van der Waals surface area contributed by atoms with Crippen LogP contribution in [-0.2, 0) is 13.1 Å². The van der Waals surface area contributed by atoms with Crippen molar-refractivity contribution in [3.05, 3.63) is 18.2 Å². The van der Waals surface area contributed by atoms with Gasteiger partial charge in [0, 0.05) is 25.8 Å². The van der Waals surface area contributed by atoms with Crippen molar-refractivity contribution in [2.24, 2.45) is 5.92 Å². The van der Waals surface area contributed by atoms with Crippen molar-refractivity contribution >= 4 is 0 Å². The fraction of sp³-hybridized carbons (Fsp3) is 0.750. The second-order valence-corrected chi connectivity index (χ2v) is 4.56. The van der Waals surface area contributed by atoms with E-state index in [1.54, 1.807) is 0 Å². The van der Waals surface area contributed by atoms with Crippen LogP contribution in [0.1, 0.15) is 31.9 Å². The van der Waals surface area contributed by atoms with Crippen molar-refractivity contribution in [1.29, 1.82) is 0 Å². The van der Waals surface area contributed by atoms with Crippen LogP contribution in [-0.4, -0.2) is 27.3 Å². The Hall–Kier alpha value is -0.870. The molecule has 1 aromatic heterocycles. The zero-order valence-electron chi connectivity index (χ0n) is 9.89. The van der Waals surface area contributed by atoms with E-state index in [2.05, 4.69) is 21.8 Å². The summed E-state index contributed by atoms with van der Waals surface area (Å²) < 4.78 is 2.14. The molecule has 0 spiro atoms. The van der Waals surface area contributed by atoms with Gasteiger partial charge in [0.25, 0.3) is 0 Å². The molecule has 0 aromatic carbocycles. The Kier molecular flexibility index (Phi) is 3.96. The molecule has 2 rings (SSSR count). The first kappa shape index (κ1) is 11.6. The number of hydrogen-bond acceptors (Lipinski definition) is 3. The Labute approximate surface area is 96.7 Å². The molecule has 1 aromatic rings. The SMILES string of the molecule is CCn1cncc1CNCC1CCCC1O. The van der Waals surface area contributed by atoms with Crippen molar-refractivity contribution in [1.82, 2.24) is 14.9 Å². The molecule has 2 unspecified atom stereocenters. The molecular weight excluding hydrogens is 202 g/mol. The van der Waals surface area contributed by atoms with Crippen LogP contribution in [0.15, 0.2) is 12.5 Å². The summed E-state index contributed by atoms with van der Waals surface area (Å²) in [5, 5.41) is 13.1. The Bertz CT molecular complexity index is 324. The average Bonchev–Trinajstić information content (AvgIpc) is 2.88. The Morgan fingerprint density at radius 3 is 3.12 bits per heavy atom. The van der Waals surface area contributed by atoms with E-state index in [0.29, 0.717) is 5.92 Å². The monoisotopic (exact) mass is 223 g/mol. The molecule has 0 bridgehead atoms. The first-order chi connectivity index (χ1) is 7.81. The van der Waals surface area contributed by atoms with Crippen LogP contribution in [0.4, 0.5) is 0 Å². The maximum absolute atomic E-state index is 9.69. The van der Waals surface area contributed by atoms with E-state index in [0.717, 1.165) is 32.5 Å². The first-order valence-electron chi connectivity index (χ1n) is 6.19. The van der Waals surface area contributed by atoms with E-state index in [9.17, 15) is 5.11 Å². The summed E-state index contributed by atoms with van der Waals surface area (Å²) >= 11 is 0. The first-order valence-corrected chi connectivity index (χ1v) is 6.19. The molecule has 4 heteroatoms. The van der Waals surface area contributed by atoms with Crippen molar-refractivity contribution in [2.45, 2.75) is 45.4 Å². The minimum absolute atomic E-state index is 0.0939. The van der Waals surface area contributed by atoms with Gasteiger partial charge in [0.1, 0.15) is 0 Å². The number of nitrogens with one attached hydrogen (secondary N) is 1. The zero-order chi connectivity index (χ0) is 11.4. The highest BCUT2D eigenvalue weighted by atomic mass is 16.3. The molecule has 4 nitrogen and oxygen atoms in total. The smallest absolute Gasteiger partial charge is 0.0948 e. The highest BCUT2D eigenvalue weighted by molar-refractivity contribution is 4.97. The number of hydrogen-bond donors (Lipinski definition) is 2. The van der Waals surface area contributed by atoms with Gasteiger partial charge in [0.2, 0.25) is 0 Å². The van der Waals surface area contributed by atoms with E-state index < -0.39 is 0 Å². The molecule has 0 aliphatic heterocycles. The van der Waals surface area contributed by atoms with Crippen molar-refractivity contribution in [3.63, 3.8) is 0 Å². The van der Waals surface area contributed by atoms with Crippen LogP contribution in [0.25, 0.3) is 0 Å². The van der Waals surface area contributed by atoms with Crippen LogP contribution < -0.4 is 5.32 Å². The number of nitrogens with zero attached hydrogens (tertiary/aromatic N) is 2. The van der Waals surface area contributed by atoms with Gasteiger partial charge in [-0.15, -0.1) is 0 Å². The summed E-state index contributed by atoms with van der Waals surface area (Å²) in [5.74, 6) is 0.443. The minimum atomic E-state index is -0.0939. The van der Waals surface area contributed by atoms with Crippen molar-refractivity contribution in [2.75, 3.05) is 6.54 Å². The topological polar surface area (TPSA) is 50.1 Å². The molecule has 2 atom stereocenters. The van der Waals surface area contributed by atoms with Gasteiger partial charge >= 0.3 is 0 Å². The van der Waals surface area contributed by atoms with Gasteiger partial charge in [-0.1, -0.05) is 6.42 Å². The maximum atomic E-state index is 9.69. The van der Waals surface area contributed by atoms with E-state index in [-0.39, 0.29) is 6.10 Å². The van der Waals surface area contributed by atoms with Gasteiger partial charge in [-0.2, -0.15) is 0 Å². The van der Waals surface area contributed by atoms with Crippen LogP contribution in [0.3, 0.4) is 0 Å². The summed E-state index contributed by atoms with van der Waals surface area (Å²) in [4.78, 5) is 4.13. The molecule has 0 amide bonds. The third-order valence-corrected chi connectivity index (χ3v) is 3.47. The third-order valence-electron chi connectivity index (χ3n) is 3.47. The fourth-order valence-corrected chi connectivity index (χ4v) is 2.42. The molecule has 2 N–H and O–H groups in total. The number of aliphatic hydroxyl groups is 1. The molecule has 0 saturated heterocycles. The standard InChI is InChI=1S/C12H21N3O/c1-2-15-9-14-8-11(15)7-13-6-10-4-3-5-12(10)16/h8-10,12-13,16H,2-7H2,1H3. The van der Waals surface area contributed by atoms with Crippen LogP contribution in [0, 0.1) is 5.92 Å². The van der Waals surface area contributed by atoms with Crippen LogP contribution >= 0.6 is 0 Å². The lowest BCUT2D eigenvalue weighted by molar-refractivity contribution is 0.131. The van der Waals surface area contributed by atoms with E-state index >= 15 is 0 Å². The molecular formula is C12H21N3O. The largest absolute Gasteiger partial charge is 0.393 e. The average molecular weight is 223 g/mol. The molecule has 16 heavy (non-hydrogen) atoms. The Morgan fingerprint density at radius 2 is 2.44 bits per heavy atom. The van der Waals surface area contributed by atoms with Gasteiger partial charge < -0.3 is 15.0 Å². The lowest BCUT2D eigenvalue weighted by atomic mass is 10.1. The van der Waals surface area contributed by atoms with E-state index in [1.807, 2.05) is 12.5 Å². The van der Waals surface area contributed by atoms with Crippen molar-refractivity contribution < 1.29 is 5.11 Å². The molecule has 90 valence electrons. The second kappa shape index (κ2) is 5.46. The molecule has 1 fully saturated rings. The quantitative estimate of drug-likeness (QED) is 0.787. The van der Waals surface area contributed by atoms with Crippen LogP contribution in [0.5, 0.6) is 0 Å². The van der Waals surface area contributed by atoms with Gasteiger partial charge in [0.05, 0.1) is 18.1 Å². The molecule has 1 aliphatic rings. The van der Waals surface area contributed by atoms with Gasteiger partial charge in [-0.05, 0) is 25.7 Å². The van der Waals surface area contributed by atoms with Crippen molar-refractivity contribution in [3.8, 4) is 0 Å². The summed E-state index contributed by atoms with van der Waals surface area (Å²) in [5.41, 5.74) is 1.22. The van der Waals surface area contributed by atoms with Gasteiger partial charge in [-0.25, -0.2) is 4.98 Å². The third kappa shape index (κ3) is 2.62. The fourth-order valence-electron chi connectivity index (χ4n) is 2.42. The van der Waals surface area contributed by atoms with E-state index in [4.69, 9.17) is 0 Å². The lowest BCUT2D eigenvalue weighted by Gasteiger charge is -2.15. The minimum Gasteiger partial charge on any atom is -0.393 e. The predicted molar refractivity (Wildman–Crippen MR) is 63.0 cm³/mol. The predicted octanol–water partition coefficient (Wildman–Crippen LogP) is 1.15. The molecule has 1 aliphatic carbocycles. The molecule has 0 radical (unpaired) electrons. The Balaban J connectivity index is 1.75. The Morgan fingerprint density at radius 1 is 1.56 bits per heavy atom. The highest BCUT2D eigenvalue weighted by Crippen LogP contribution is 2.24. The zero-order valence-corrected chi connectivity index (χ0v) is 9.89. The number of aliphatic hydroxyl groups excluding tert-OH is 1. The molecule has 1 heterocycles. The highest BCUT2D eigenvalue weighted by Gasteiger charge is 2.24. The number of imidazole rings is 1. The molecule has 1 saturated carbocycles. The second-order valence-electron chi connectivity index (χ2n) is 4.56. The van der Waals surface area contributed by atoms with Crippen LogP contribution in [0.2, 0.25) is 0 Å².